The zero-order chi connectivity index (χ0) is 23.3. The molecule has 3 aromatic rings. The van der Waals surface area contributed by atoms with Gasteiger partial charge in [-0.3, -0.25) is 9.52 Å². The minimum absolute atomic E-state index is 0.00203. The van der Waals surface area contributed by atoms with Crippen molar-refractivity contribution in [2.24, 2.45) is 0 Å². The lowest BCUT2D eigenvalue weighted by molar-refractivity contribution is 0.0954. The lowest BCUT2D eigenvalue weighted by Gasteiger charge is -2.18. The van der Waals surface area contributed by atoms with Crippen LogP contribution in [0.2, 0.25) is 0 Å². The second-order valence-corrected chi connectivity index (χ2v) is 9.03. The molecule has 0 saturated heterocycles. The fraction of sp³-hybridized carbons (Fsp3) is 0.208. The van der Waals surface area contributed by atoms with Crippen molar-refractivity contribution in [3.8, 4) is 17.2 Å². The first-order valence-electron chi connectivity index (χ1n) is 10.4. The highest BCUT2D eigenvalue weighted by Gasteiger charge is 2.17. The van der Waals surface area contributed by atoms with Gasteiger partial charge in [-0.15, -0.1) is 0 Å². The van der Waals surface area contributed by atoms with Gasteiger partial charge in [-0.05, 0) is 66.6 Å². The Bertz CT molecular complexity index is 1240. The number of sulfonamides is 1. The summed E-state index contributed by atoms with van der Waals surface area (Å²) in [6.45, 7) is 1.44. The van der Waals surface area contributed by atoms with E-state index in [0.717, 1.165) is 11.3 Å². The van der Waals surface area contributed by atoms with Gasteiger partial charge in [0.1, 0.15) is 19.0 Å². The van der Waals surface area contributed by atoms with Crippen LogP contribution in [0.25, 0.3) is 0 Å². The lowest BCUT2D eigenvalue weighted by Crippen LogP contribution is -2.26. The Morgan fingerprint density at radius 3 is 2.48 bits per heavy atom. The standard InChI is InChI=1S/C24H24N2O6S/c1-30-20-8-6-19(7-9-20)26-33(28,29)21-4-2-3-18(16-21)24(27)25-12-11-17-5-10-22-23(15-17)32-14-13-31-22/h2-10,15-16,26H,11-14H2,1H3,(H,25,27). The van der Waals surface area contributed by atoms with E-state index in [1.54, 1.807) is 30.3 Å². The number of amides is 1. The SMILES string of the molecule is COc1ccc(NS(=O)(=O)c2cccc(C(=O)NCCc3ccc4c(c3)OCCO4)c2)cc1. The molecular formula is C24H24N2O6S. The van der Waals surface area contributed by atoms with Gasteiger partial charge >= 0.3 is 0 Å². The molecule has 1 aliphatic rings. The van der Waals surface area contributed by atoms with Crippen molar-refractivity contribution in [3.63, 3.8) is 0 Å². The van der Waals surface area contributed by atoms with Crippen LogP contribution in [0.3, 0.4) is 0 Å². The van der Waals surface area contributed by atoms with Gasteiger partial charge in [0, 0.05) is 17.8 Å². The first-order valence-corrected chi connectivity index (χ1v) is 11.9. The van der Waals surface area contributed by atoms with Crippen molar-refractivity contribution in [3.05, 3.63) is 77.9 Å². The van der Waals surface area contributed by atoms with Crippen LogP contribution in [0.1, 0.15) is 15.9 Å². The molecule has 0 bridgehead atoms. The highest BCUT2D eigenvalue weighted by molar-refractivity contribution is 7.92. The third kappa shape index (κ3) is 5.56. The molecular weight excluding hydrogens is 444 g/mol. The maximum Gasteiger partial charge on any atom is 0.261 e. The summed E-state index contributed by atoms with van der Waals surface area (Å²) in [5.74, 6) is 1.68. The molecule has 0 aromatic heterocycles. The molecule has 0 radical (unpaired) electrons. The summed E-state index contributed by atoms with van der Waals surface area (Å²) >= 11 is 0. The summed E-state index contributed by atoms with van der Waals surface area (Å²) in [5.41, 5.74) is 1.65. The number of rotatable bonds is 8. The van der Waals surface area contributed by atoms with Crippen LogP contribution >= 0.6 is 0 Å². The first kappa shape index (κ1) is 22.5. The van der Waals surface area contributed by atoms with Crippen LogP contribution < -0.4 is 24.2 Å². The van der Waals surface area contributed by atoms with Crippen LogP contribution in [0.5, 0.6) is 17.2 Å². The number of benzene rings is 3. The van der Waals surface area contributed by atoms with Crippen molar-refractivity contribution in [2.45, 2.75) is 11.3 Å². The van der Waals surface area contributed by atoms with Crippen LogP contribution in [0, 0.1) is 0 Å². The molecule has 0 fully saturated rings. The van der Waals surface area contributed by atoms with E-state index in [-0.39, 0.29) is 16.4 Å². The number of fused-ring (bicyclic) bond motifs is 1. The van der Waals surface area contributed by atoms with Gasteiger partial charge in [-0.25, -0.2) is 8.42 Å². The van der Waals surface area contributed by atoms with Crippen LogP contribution in [-0.4, -0.2) is 41.2 Å². The maximum absolute atomic E-state index is 12.8. The molecule has 33 heavy (non-hydrogen) atoms. The van der Waals surface area contributed by atoms with E-state index in [2.05, 4.69) is 10.0 Å². The highest BCUT2D eigenvalue weighted by Crippen LogP contribution is 2.30. The molecule has 1 aliphatic heterocycles. The Kier molecular flexibility index (Phi) is 6.69. The van der Waals surface area contributed by atoms with Gasteiger partial charge in [0.25, 0.3) is 15.9 Å². The van der Waals surface area contributed by atoms with Gasteiger partial charge in [-0.2, -0.15) is 0 Å². The van der Waals surface area contributed by atoms with Gasteiger partial charge in [0.15, 0.2) is 11.5 Å². The predicted molar refractivity (Wildman–Crippen MR) is 124 cm³/mol. The van der Waals surface area contributed by atoms with Crippen LogP contribution in [-0.2, 0) is 16.4 Å². The third-order valence-electron chi connectivity index (χ3n) is 5.05. The minimum atomic E-state index is -3.86. The number of hydrogen-bond donors (Lipinski definition) is 2. The van der Waals surface area contributed by atoms with Gasteiger partial charge in [0.2, 0.25) is 0 Å². The topological polar surface area (TPSA) is 103 Å². The van der Waals surface area contributed by atoms with Crippen molar-refractivity contribution in [1.82, 2.24) is 5.32 Å². The molecule has 9 heteroatoms. The molecule has 0 aliphatic carbocycles. The smallest absolute Gasteiger partial charge is 0.261 e. The number of nitrogens with one attached hydrogen (secondary N) is 2. The zero-order valence-corrected chi connectivity index (χ0v) is 18.9. The number of anilines is 1. The average molecular weight is 469 g/mol. The van der Waals surface area contributed by atoms with E-state index in [0.29, 0.717) is 43.4 Å². The lowest BCUT2D eigenvalue weighted by atomic mass is 10.1. The number of carbonyl (C=O) groups is 1. The molecule has 8 nitrogen and oxygen atoms in total. The molecule has 0 spiro atoms. The molecule has 2 N–H and O–H groups in total. The second kappa shape index (κ2) is 9.83. The molecule has 3 aromatic carbocycles. The summed E-state index contributed by atoms with van der Waals surface area (Å²) in [5, 5.41) is 2.83. The molecule has 4 rings (SSSR count). The molecule has 1 heterocycles. The monoisotopic (exact) mass is 468 g/mol. The first-order chi connectivity index (χ1) is 15.9. The second-order valence-electron chi connectivity index (χ2n) is 7.35. The van der Waals surface area contributed by atoms with Crippen molar-refractivity contribution < 1.29 is 27.4 Å². The van der Waals surface area contributed by atoms with E-state index >= 15 is 0 Å². The number of carbonyl (C=O) groups excluding carboxylic acids is 1. The van der Waals surface area contributed by atoms with Crippen molar-refractivity contribution in [1.29, 1.82) is 0 Å². The molecule has 1 amide bonds. The fourth-order valence-corrected chi connectivity index (χ4v) is 4.45. The van der Waals surface area contributed by atoms with Crippen molar-refractivity contribution in [2.75, 3.05) is 31.6 Å². The highest BCUT2D eigenvalue weighted by atomic mass is 32.2. The summed E-state index contributed by atoms with van der Waals surface area (Å²) in [4.78, 5) is 12.6. The van der Waals surface area contributed by atoms with Gasteiger partial charge in [-0.1, -0.05) is 12.1 Å². The van der Waals surface area contributed by atoms with Crippen LogP contribution in [0.15, 0.2) is 71.6 Å². The predicted octanol–water partition coefficient (Wildman–Crippen LogP) is 3.24. The number of methoxy groups -OCH3 is 1. The van der Waals surface area contributed by atoms with Gasteiger partial charge < -0.3 is 19.5 Å². The summed E-state index contributed by atoms with van der Waals surface area (Å²) in [6, 6.07) is 18.1. The largest absolute Gasteiger partial charge is 0.497 e. The molecule has 0 saturated carbocycles. The van der Waals surface area contributed by atoms with E-state index in [1.165, 1.54) is 25.3 Å². The zero-order valence-electron chi connectivity index (χ0n) is 18.0. The fourth-order valence-electron chi connectivity index (χ4n) is 3.34. The van der Waals surface area contributed by atoms with Crippen molar-refractivity contribution >= 4 is 21.6 Å². The number of hydrogen-bond acceptors (Lipinski definition) is 6. The Morgan fingerprint density at radius 1 is 0.970 bits per heavy atom. The Morgan fingerprint density at radius 2 is 1.73 bits per heavy atom. The number of ether oxygens (including phenoxy) is 3. The normalized spacial score (nSPS) is 12.6. The van der Waals surface area contributed by atoms with E-state index in [9.17, 15) is 13.2 Å². The quantitative estimate of drug-likeness (QED) is 0.526. The molecule has 0 unspecified atom stereocenters. The van der Waals surface area contributed by atoms with E-state index in [4.69, 9.17) is 14.2 Å². The Hall–Kier alpha value is -3.72. The summed E-state index contributed by atoms with van der Waals surface area (Å²) in [7, 11) is -2.32. The van der Waals surface area contributed by atoms with Gasteiger partial charge in [0.05, 0.1) is 12.0 Å². The third-order valence-corrected chi connectivity index (χ3v) is 6.43. The molecule has 172 valence electrons. The Labute approximate surface area is 192 Å². The van der Waals surface area contributed by atoms with E-state index in [1.807, 2.05) is 18.2 Å². The Balaban J connectivity index is 1.37. The van der Waals surface area contributed by atoms with E-state index < -0.39 is 10.0 Å². The summed E-state index contributed by atoms with van der Waals surface area (Å²) < 4.78 is 44.2. The maximum atomic E-state index is 12.8. The summed E-state index contributed by atoms with van der Waals surface area (Å²) in [6.07, 6.45) is 0.597. The van der Waals surface area contributed by atoms with Crippen LogP contribution in [0.4, 0.5) is 5.69 Å². The average Bonchev–Trinajstić information content (AvgIpc) is 2.84. The minimum Gasteiger partial charge on any atom is -0.497 e. The molecule has 0 atom stereocenters.